The van der Waals surface area contributed by atoms with E-state index < -0.39 is 83.5 Å². The molecule has 8 rings (SSSR count). The molecule has 1 aliphatic carbocycles. The van der Waals surface area contributed by atoms with Crippen molar-refractivity contribution in [2.24, 2.45) is 35.3 Å². The zero-order valence-electron chi connectivity index (χ0n) is 75.9. The Morgan fingerprint density at radius 1 is 0.717 bits per heavy atom. The number of likely N-dealkylation sites (N-methyl/N-ethyl adjacent to an activating group) is 1. The minimum Gasteiger partial charge on any atom is -0.460 e. The van der Waals surface area contributed by atoms with Crippen molar-refractivity contribution in [2.45, 2.75) is 231 Å². The number of Topliss-reactive ketones (excluding diaryl/α,β-unsaturated/α-hetero) is 3. The lowest BCUT2D eigenvalue weighted by atomic mass is 9.80. The van der Waals surface area contributed by atoms with Gasteiger partial charge < -0.3 is 109 Å². The number of methoxy groups -OCH3 is 2. The van der Waals surface area contributed by atoms with Crippen molar-refractivity contribution in [3.8, 4) is 11.3 Å². The van der Waals surface area contributed by atoms with Crippen LogP contribution in [0.5, 0.6) is 0 Å². The van der Waals surface area contributed by atoms with E-state index in [1.807, 2.05) is 62.6 Å². The van der Waals surface area contributed by atoms with Gasteiger partial charge in [-0.2, -0.15) is 10.1 Å². The molecule has 14 atom stereocenters. The molecule has 1 saturated carbocycles. The summed E-state index contributed by atoms with van der Waals surface area (Å²) in [4.78, 5) is 95.3. The van der Waals surface area contributed by atoms with E-state index in [2.05, 4.69) is 30.6 Å². The molecule has 0 spiro atoms. The van der Waals surface area contributed by atoms with Crippen LogP contribution in [-0.2, 0) is 110 Å². The van der Waals surface area contributed by atoms with Gasteiger partial charge in [0.25, 0.3) is 17.7 Å². The number of aryl methyl sites for hydroxylation is 2. The summed E-state index contributed by atoms with van der Waals surface area (Å²) < 4.78 is 84.3. The molecule has 2 fully saturated rings. The van der Waals surface area contributed by atoms with Gasteiger partial charge in [0.1, 0.15) is 47.5 Å². The Kier molecular flexibility index (Phi) is 46.2. The average molecular weight is 1790 g/mol. The maximum Gasteiger partial charge on any atom is 0.306 e. The van der Waals surface area contributed by atoms with Gasteiger partial charge in [0.05, 0.1) is 148 Å². The van der Waals surface area contributed by atoms with Gasteiger partial charge in [0.15, 0.2) is 17.0 Å². The minimum absolute atomic E-state index is 0.0112. The molecule has 36 heteroatoms. The second-order valence-electron chi connectivity index (χ2n) is 33.4. The van der Waals surface area contributed by atoms with Gasteiger partial charge in [0, 0.05) is 109 Å². The van der Waals surface area contributed by atoms with Gasteiger partial charge in [0.2, 0.25) is 11.7 Å². The van der Waals surface area contributed by atoms with Crippen LogP contribution >= 0.6 is 0 Å². The van der Waals surface area contributed by atoms with Crippen molar-refractivity contribution in [3.63, 3.8) is 0 Å². The number of nitrogen functional groups attached to an aromatic ring is 2. The number of ketones is 3. The van der Waals surface area contributed by atoms with Gasteiger partial charge in [-0.25, -0.2) is 19.3 Å². The Morgan fingerprint density at radius 2 is 1.39 bits per heavy atom. The molecule has 0 unspecified atom stereocenters. The predicted molar refractivity (Wildman–Crippen MR) is 473 cm³/mol. The first-order valence-electron chi connectivity index (χ1n) is 45.1. The van der Waals surface area contributed by atoms with E-state index in [0.717, 1.165) is 55.4 Å². The molecule has 3 aliphatic rings. The van der Waals surface area contributed by atoms with Crippen molar-refractivity contribution in [1.82, 2.24) is 49.9 Å². The number of allylic oxidation sites excluding steroid dienone is 6. The summed E-state index contributed by atoms with van der Waals surface area (Å²) in [5.74, 6) is -7.52. The first-order chi connectivity index (χ1) is 61.3. The molecule has 127 heavy (non-hydrogen) atoms. The molecular formula is C91H141N13O23. The fraction of sp³-hybridized carbons (Fsp3) is 0.692. The molecule has 0 radical (unpaired) electrons. The zero-order valence-corrected chi connectivity index (χ0v) is 75.9. The normalized spacial score (nSPS) is 25.4. The number of ether oxygens (including phenoxy) is 13. The number of carbonyl (C=O) groups excluding carboxylic acids is 6. The number of rotatable bonds is 44. The van der Waals surface area contributed by atoms with E-state index in [4.69, 9.17) is 88.3 Å². The number of hydrogen-bond donors (Lipinski definition) is 7. The largest absolute Gasteiger partial charge is 0.460 e. The van der Waals surface area contributed by atoms with Crippen LogP contribution in [0.25, 0.3) is 33.4 Å². The number of amides is 2. The highest BCUT2D eigenvalue weighted by Gasteiger charge is 2.51. The predicted octanol–water partition coefficient (Wildman–Crippen LogP) is 7.73. The highest BCUT2D eigenvalue weighted by atomic mass is 16.6. The summed E-state index contributed by atoms with van der Waals surface area (Å²) >= 11 is 0. The fourth-order valence-corrected chi connectivity index (χ4v) is 15.7. The molecule has 5 aromatic rings. The van der Waals surface area contributed by atoms with Crippen LogP contribution in [0, 0.1) is 29.6 Å². The van der Waals surface area contributed by atoms with Gasteiger partial charge >= 0.3 is 5.97 Å². The molecule has 4 aromatic heterocycles. The Labute approximate surface area is 745 Å². The van der Waals surface area contributed by atoms with Crippen molar-refractivity contribution in [3.05, 3.63) is 84.0 Å². The molecular weight excluding hydrogens is 1640 g/mol. The molecule has 2 amide bonds. The number of esters is 1. The van der Waals surface area contributed by atoms with Crippen molar-refractivity contribution < 1.29 is 110 Å². The van der Waals surface area contributed by atoms with E-state index in [1.54, 1.807) is 57.3 Å². The first kappa shape index (κ1) is 104. The van der Waals surface area contributed by atoms with Crippen molar-refractivity contribution >= 4 is 69.1 Å². The quantitative estimate of drug-likeness (QED) is 0.00848. The number of unbranched alkanes of at least 4 members (excludes halogenated alkanes) is 2. The third-order valence-electron chi connectivity index (χ3n) is 23.3. The Bertz CT molecular complexity index is 4270. The lowest BCUT2D eigenvalue weighted by Gasteiger charge is -2.41. The maximum atomic E-state index is 14.1. The van der Waals surface area contributed by atoms with Crippen LogP contribution in [0.3, 0.4) is 0 Å². The third-order valence-corrected chi connectivity index (χ3v) is 23.3. The van der Waals surface area contributed by atoms with Crippen LogP contribution in [0.4, 0.5) is 11.8 Å². The molecule has 2 bridgehead atoms. The molecule has 36 nitrogen and oxygen atoms in total. The molecule has 2 aliphatic heterocycles. The Morgan fingerprint density at radius 3 is 2.07 bits per heavy atom. The number of cyclic esters (lactones) is 1. The van der Waals surface area contributed by atoms with Gasteiger partial charge in [-0.05, 0) is 145 Å². The van der Waals surface area contributed by atoms with Crippen LogP contribution < -0.4 is 22.5 Å². The standard InChI is InChI=1S/C91H141N13O23/c1-61-20-12-10-13-21-62(2)76(114-8)57-70-27-24-66(6)91(113,127-70)86(111)89(112)102(7)32-17-11-14-23-80(107)125-77(58-73(105)63(3)53-65(5)84(109)85(110)83(108)64(4)52-61)71(92)54-67-25-28-75(78(55-67)115-9)124-35-19-15-22-69-59-103(101-99-69)34-37-117-39-41-119-43-45-121-47-49-123-51-50-122-48-46-120-44-42-118-40-38-116-36-30-79(106)95-31-16-18-33-104-88-81(87(93)96-60-97-88)82(100-104)68-26-29-74-72(56-68)98-90(94)126-74/h10,12-13,20-21,26,29,53,56,59-61,63-64,66-67,70-71,75-78,84-85,109-110,113H,11,14-19,22-25,27-28,30-52,54-55,57-58,92H2,1-9H3,(H2,94,98)(H,95,106)(H2,93,96,97)/b13-10+,20-12+,62-21?,65-53+/t61-,63-,64-,66-,67+,70+,71-,75-,76+,77+,78-,84-,85+,91-/m1/s1. The molecule has 6 heterocycles. The van der Waals surface area contributed by atoms with E-state index >= 15 is 0 Å². The summed E-state index contributed by atoms with van der Waals surface area (Å²) in [6.07, 6.45) is 17.9. The van der Waals surface area contributed by atoms with Crippen LogP contribution in [-0.4, -0.2) is 296 Å². The number of nitrogens with zero attached hydrogens (tertiary/aromatic N) is 9. The number of hydrogen-bond acceptors (Lipinski definition) is 32. The lowest BCUT2D eigenvalue weighted by molar-refractivity contribution is -0.265. The summed E-state index contributed by atoms with van der Waals surface area (Å²) in [5, 5.41) is 51.2. The van der Waals surface area contributed by atoms with E-state index in [-0.39, 0.29) is 79.7 Å². The number of anilines is 2. The van der Waals surface area contributed by atoms with E-state index in [1.165, 1.54) is 24.4 Å². The van der Waals surface area contributed by atoms with Gasteiger partial charge in [-0.15, -0.1) is 5.10 Å². The first-order valence-corrected chi connectivity index (χ1v) is 45.1. The minimum atomic E-state index is -2.33. The highest BCUT2D eigenvalue weighted by Crippen LogP contribution is 2.38. The number of oxazole rings is 1. The number of aliphatic hydroxyl groups excluding tert-OH is 2. The second-order valence-corrected chi connectivity index (χ2v) is 33.4. The number of nitrogens with two attached hydrogens (primary N) is 3. The second kappa shape index (κ2) is 56.3. The third kappa shape index (κ3) is 35.2. The number of aromatic nitrogens is 8. The number of aliphatic hydroxyl groups is 3. The number of benzene rings is 1. The van der Waals surface area contributed by atoms with Crippen LogP contribution in [0.1, 0.15) is 163 Å². The lowest BCUT2D eigenvalue weighted by Crippen LogP contribution is -2.57. The Hall–Kier alpha value is -8.28. The van der Waals surface area contributed by atoms with Crippen LogP contribution in [0.2, 0.25) is 0 Å². The van der Waals surface area contributed by atoms with Crippen molar-refractivity contribution in [2.75, 3.05) is 158 Å². The van der Waals surface area contributed by atoms with Crippen LogP contribution in [0.15, 0.2) is 82.7 Å². The van der Waals surface area contributed by atoms with Gasteiger partial charge in [-0.3, -0.25) is 28.8 Å². The summed E-state index contributed by atoms with van der Waals surface area (Å²) in [6, 6.07) is 4.83. The number of fused-ring (bicyclic) bond motifs is 4. The molecule has 1 saturated heterocycles. The topological polar surface area (TPSA) is 477 Å². The number of carbonyl (C=O) groups is 6. The zero-order chi connectivity index (χ0) is 91.5. The van der Waals surface area contributed by atoms with Crippen molar-refractivity contribution in [1.29, 1.82) is 0 Å². The molecule has 708 valence electrons. The maximum absolute atomic E-state index is 14.1. The SMILES string of the molecule is CO[C@H]1C[C@@H]2CC[C@@H](C)[C@@](O)(O2)C(=O)C(=O)N(C)CCCCCC(=O)O[C@H]([C@H](N)C[C@@H]2CC[C@@H](OCCCCc3cn(CCOCCOCCOCCOCCOCCOCCOCCOCCC(=O)NCCCCn4nc(-c5ccc6oc(N)nc6c5)c5c(N)ncnc54)nn3)[C@H](OC)C2)CC(=O)[C@H](C)/C=C(\C)[C@@H](O)[C@@H](O)C(=O)[C@H](C)C[C@H](C)/C=C/C=C/C=C1C. The summed E-state index contributed by atoms with van der Waals surface area (Å²) in [7, 11) is 4.73. The molecule has 1 aromatic carbocycles. The fourth-order valence-electron chi connectivity index (χ4n) is 15.7. The smallest absolute Gasteiger partial charge is 0.306 e. The van der Waals surface area contributed by atoms with E-state index in [0.29, 0.717) is 223 Å². The molecule has 10 N–H and O–H groups in total. The van der Waals surface area contributed by atoms with E-state index in [9.17, 15) is 44.1 Å². The summed E-state index contributed by atoms with van der Waals surface area (Å²) in [6.45, 7) is 19.4. The monoisotopic (exact) mass is 1780 g/mol. The highest BCUT2D eigenvalue weighted by molar-refractivity contribution is 6.38. The summed E-state index contributed by atoms with van der Waals surface area (Å²) in [5.41, 5.74) is 24.2. The Balaban J connectivity index is 0.619. The number of nitrogens with one attached hydrogen (secondary N) is 1. The average Bonchev–Trinajstić information content (AvgIpc) is 1.65. The van der Waals surface area contributed by atoms with Gasteiger partial charge in [-0.1, -0.05) is 75.8 Å².